The van der Waals surface area contributed by atoms with Crippen molar-refractivity contribution in [3.63, 3.8) is 0 Å². The predicted molar refractivity (Wildman–Crippen MR) is 115 cm³/mol. The van der Waals surface area contributed by atoms with Gasteiger partial charge in [0.15, 0.2) is 0 Å². The Hall–Kier alpha value is -2.67. The van der Waals surface area contributed by atoms with Crippen molar-refractivity contribution in [2.75, 3.05) is 25.0 Å². The average Bonchev–Trinajstić information content (AvgIpc) is 3.11. The van der Waals surface area contributed by atoms with Gasteiger partial charge in [-0.15, -0.1) is 0 Å². The summed E-state index contributed by atoms with van der Waals surface area (Å²) in [7, 11) is 0. The molecule has 0 spiro atoms. The van der Waals surface area contributed by atoms with Crippen LogP contribution in [0.15, 0.2) is 36.9 Å². The minimum atomic E-state index is 0.260. The van der Waals surface area contributed by atoms with E-state index in [0.717, 1.165) is 54.5 Å². The van der Waals surface area contributed by atoms with Crippen molar-refractivity contribution in [3.05, 3.63) is 36.9 Å². The summed E-state index contributed by atoms with van der Waals surface area (Å²) >= 11 is 0. The third-order valence-corrected chi connectivity index (χ3v) is 5.15. The zero-order chi connectivity index (χ0) is 20.3. The minimum Gasteiger partial charge on any atom is -0.493 e. The minimum absolute atomic E-state index is 0.260. The standard InChI is InChI=1S/C22H30N6O/c1-22(2,3)7-10-29-17-6-9-28-19(14-25-21(28)11-17)18-13-24-15-20(27-18)26-16-5-4-8-23-12-16/h6,9,11,13-16,23H,4-5,7-8,10,12H2,1-3H3,(H,26,27)/t16-/m1/s1. The van der Waals surface area contributed by atoms with Gasteiger partial charge in [0.25, 0.3) is 0 Å². The van der Waals surface area contributed by atoms with E-state index in [1.807, 2.05) is 28.9 Å². The van der Waals surface area contributed by atoms with E-state index in [2.05, 4.69) is 41.4 Å². The van der Waals surface area contributed by atoms with Crippen molar-refractivity contribution in [2.24, 2.45) is 5.41 Å². The molecule has 2 N–H and O–H groups in total. The van der Waals surface area contributed by atoms with Gasteiger partial charge in [-0.05, 0) is 37.3 Å². The van der Waals surface area contributed by atoms with E-state index in [1.54, 1.807) is 12.4 Å². The van der Waals surface area contributed by atoms with Gasteiger partial charge in [-0.2, -0.15) is 0 Å². The zero-order valence-electron chi connectivity index (χ0n) is 17.5. The zero-order valence-corrected chi connectivity index (χ0v) is 17.5. The number of pyridine rings is 1. The summed E-state index contributed by atoms with van der Waals surface area (Å²) in [6.45, 7) is 9.40. The molecule has 0 aliphatic carbocycles. The highest BCUT2D eigenvalue weighted by Gasteiger charge is 2.15. The Balaban J connectivity index is 1.50. The summed E-state index contributed by atoms with van der Waals surface area (Å²) in [6, 6.07) is 4.34. The Labute approximate surface area is 171 Å². The molecule has 4 heterocycles. The lowest BCUT2D eigenvalue weighted by Crippen LogP contribution is -2.38. The fourth-order valence-electron chi connectivity index (χ4n) is 3.46. The molecule has 0 aromatic carbocycles. The molecule has 154 valence electrons. The smallest absolute Gasteiger partial charge is 0.145 e. The Morgan fingerprint density at radius 1 is 1.28 bits per heavy atom. The summed E-state index contributed by atoms with van der Waals surface area (Å²) < 4.78 is 7.93. The normalized spacial score (nSPS) is 17.4. The molecular weight excluding hydrogens is 364 g/mol. The van der Waals surface area contributed by atoms with E-state index in [1.165, 1.54) is 6.42 Å². The summed E-state index contributed by atoms with van der Waals surface area (Å²) in [5, 5.41) is 6.90. The summed E-state index contributed by atoms with van der Waals surface area (Å²) in [5.41, 5.74) is 2.81. The van der Waals surface area contributed by atoms with Crippen LogP contribution in [0.1, 0.15) is 40.0 Å². The van der Waals surface area contributed by atoms with Gasteiger partial charge in [-0.1, -0.05) is 20.8 Å². The molecule has 7 nitrogen and oxygen atoms in total. The van der Waals surface area contributed by atoms with Crippen LogP contribution in [0.2, 0.25) is 0 Å². The highest BCUT2D eigenvalue weighted by Crippen LogP contribution is 2.24. The number of nitrogens with one attached hydrogen (secondary N) is 2. The van der Waals surface area contributed by atoms with E-state index in [-0.39, 0.29) is 5.41 Å². The van der Waals surface area contributed by atoms with E-state index >= 15 is 0 Å². The van der Waals surface area contributed by atoms with Crippen LogP contribution in [0.3, 0.4) is 0 Å². The molecule has 1 aliphatic rings. The number of nitrogens with zero attached hydrogens (tertiary/aromatic N) is 4. The van der Waals surface area contributed by atoms with Crippen LogP contribution < -0.4 is 15.4 Å². The third-order valence-electron chi connectivity index (χ3n) is 5.15. The number of rotatable bonds is 6. The summed E-state index contributed by atoms with van der Waals surface area (Å²) in [4.78, 5) is 13.7. The van der Waals surface area contributed by atoms with Gasteiger partial charge in [0, 0.05) is 24.8 Å². The highest BCUT2D eigenvalue weighted by atomic mass is 16.5. The van der Waals surface area contributed by atoms with Crippen LogP contribution in [0.25, 0.3) is 17.0 Å². The van der Waals surface area contributed by atoms with Crippen LogP contribution in [0.4, 0.5) is 5.82 Å². The average molecular weight is 395 g/mol. The lowest BCUT2D eigenvalue weighted by atomic mass is 9.93. The number of hydrogen-bond donors (Lipinski definition) is 2. The number of piperidine rings is 1. The number of hydrogen-bond acceptors (Lipinski definition) is 6. The van der Waals surface area contributed by atoms with Crippen molar-refractivity contribution in [2.45, 2.75) is 46.1 Å². The monoisotopic (exact) mass is 394 g/mol. The van der Waals surface area contributed by atoms with Crippen LogP contribution in [0, 0.1) is 5.41 Å². The number of imidazole rings is 1. The van der Waals surface area contributed by atoms with Crippen LogP contribution in [-0.4, -0.2) is 45.1 Å². The summed E-state index contributed by atoms with van der Waals surface area (Å²) in [5.74, 6) is 1.64. The second-order valence-electron chi connectivity index (χ2n) is 8.87. The van der Waals surface area contributed by atoms with E-state index in [4.69, 9.17) is 9.72 Å². The van der Waals surface area contributed by atoms with Crippen molar-refractivity contribution in [1.29, 1.82) is 0 Å². The Bertz CT molecular complexity index is 955. The van der Waals surface area contributed by atoms with Gasteiger partial charge < -0.3 is 15.4 Å². The maximum Gasteiger partial charge on any atom is 0.145 e. The molecule has 3 aromatic heterocycles. The molecule has 0 radical (unpaired) electrons. The lowest BCUT2D eigenvalue weighted by molar-refractivity contribution is 0.243. The second kappa shape index (κ2) is 8.37. The van der Waals surface area contributed by atoms with Gasteiger partial charge in [0.1, 0.15) is 22.9 Å². The number of ether oxygens (including phenoxy) is 1. The first-order chi connectivity index (χ1) is 14.0. The van der Waals surface area contributed by atoms with Crippen molar-refractivity contribution < 1.29 is 4.74 Å². The molecular formula is C22H30N6O. The van der Waals surface area contributed by atoms with Gasteiger partial charge in [0.05, 0.1) is 30.9 Å². The van der Waals surface area contributed by atoms with Crippen LogP contribution in [0.5, 0.6) is 5.75 Å². The first-order valence-electron chi connectivity index (χ1n) is 10.4. The van der Waals surface area contributed by atoms with Gasteiger partial charge in [-0.25, -0.2) is 9.97 Å². The molecule has 0 saturated carbocycles. The van der Waals surface area contributed by atoms with E-state index in [9.17, 15) is 0 Å². The Kier molecular flexibility index (Phi) is 5.67. The topological polar surface area (TPSA) is 76.4 Å². The largest absolute Gasteiger partial charge is 0.493 e. The van der Waals surface area contributed by atoms with E-state index in [0.29, 0.717) is 12.6 Å². The molecule has 7 heteroatoms. The first kappa shape index (κ1) is 19.6. The van der Waals surface area contributed by atoms with Crippen LogP contribution >= 0.6 is 0 Å². The van der Waals surface area contributed by atoms with Crippen molar-refractivity contribution in [3.8, 4) is 17.1 Å². The van der Waals surface area contributed by atoms with E-state index < -0.39 is 0 Å². The highest BCUT2D eigenvalue weighted by molar-refractivity contribution is 5.61. The first-order valence-corrected chi connectivity index (χ1v) is 10.4. The molecule has 4 rings (SSSR count). The maximum atomic E-state index is 5.91. The fraction of sp³-hybridized carbons (Fsp3) is 0.500. The molecule has 1 atom stereocenters. The van der Waals surface area contributed by atoms with Crippen molar-refractivity contribution in [1.82, 2.24) is 24.7 Å². The third kappa shape index (κ3) is 5.03. The number of aromatic nitrogens is 4. The molecule has 0 bridgehead atoms. The SMILES string of the molecule is CC(C)(C)CCOc1ccn2c(-c3cncc(N[C@@H]4CCCNC4)n3)cnc2c1. The maximum absolute atomic E-state index is 5.91. The molecule has 1 saturated heterocycles. The predicted octanol–water partition coefficient (Wildman–Crippen LogP) is 3.77. The quantitative estimate of drug-likeness (QED) is 0.663. The summed E-state index contributed by atoms with van der Waals surface area (Å²) in [6.07, 6.45) is 10.7. The lowest BCUT2D eigenvalue weighted by Gasteiger charge is -2.24. The molecule has 0 amide bonds. The van der Waals surface area contributed by atoms with Crippen LogP contribution in [-0.2, 0) is 0 Å². The molecule has 0 unspecified atom stereocenters. The molecule has 1 fully saturated rings. The fourth-order valence-corrected chi connectivity index (χ4v) is 3.46. The Morgan fingerprint density at radius 3 is 2.97 bits per heavy atom. The van der Waals surface area contributed by atoms with Gasteiger partial charge in [0.2, 0.25) is 0 Å². The van der Waals surface area contributed by atoms with Gasteiger partial charge in [-0.3, -0.25) is 9.38 Å². The van der Waals surface area contributed by atoms with Crippen molar-refractivity contribution >= 4 is 11.5 Å². The molecule has 3 aromatic rings. The molecule has 29 heavy (non-hydrogen) atoms. The second-order valence-corrected chi connectivity index (χ2v) is 8.87. The number of fused-ring (bicyclic) bond motifs is 1. The molecule has 1 aliphatic heterocycles. The van der Waals surface area contributed by atoms with Gasteiger partial charge >= 0.3 is 0 Å². The number of anilines is 1. The Morgan fingerprint density at radius 2 is 2.17 bits per heavy atom.